The average Bonchev–Trinajstić information content (AvgIpc) is 2.88. The van der Waals surface area contributed by atoms with Crippen LogP contribution in [0.4, 0.5) is 24.7 Å². The topological polar surface area (TPSA) is 65.5 Å². The Morgan fingerprint density at radius 2 is 1.57 bits per heavy atom. The summed E-state index contributed by atoms with van der Waals surface area (Å²) in [7, 11) is 0. The van der Waals surface area contributed by atoms with Gasteiger partial charge in [-0.3, -0.25) is 14.5 Å². The third-order valence-electron chi connectivity index (χ3n) is 6.11. The molecule has 9 heteroatoms. The number of rotatable bonds is 6. The summed E-state index contributed by atoms with van der Waals surface area (Å²) in [6.45, 7) is 3.94. The van der Waals surface area contributed by atoms with Crippen LogP contribution in [0.3, 0.4) is 0 Å². The van der Waals surface area contributed by atoms with Gasteiger partial charge in [-0.1, -0.05) is 42.5 Å². The number of piperazine rings is 1. The first-order valence-corrected chi connectivity index (χ1v) is 11.3. The molecule has 3 aromatic rings. The highest BCUT2D eigenvalue weighted by molar-refractivity contribution is 6.14. The number of carbonyl (C=O) groups excluding carboxylic acids is 2. The van der Waals surface area contributed by atoms with Crippen LogP contribution < -0.4 is 10.2 Å². The van der Waals surface area contributed by atoms with E-state index in [9.17, 15) is 22.8 Å². The predicted molar refractivity (Wildman–Crippen MR) is 127 cm³/mol. The fraction of sp³-hybridized carbons (Fsp3) is 0.269. The fourth-order valence-electron chi connectivity index (χ4n) is 4.02. The summed E-state index contributed by atoms with van der Waals surface area (Å²) in [5, 5.41) is 2.89. The third-order valence-corrected chi connectivity index (χ3v) is 6.11. The number of aromatic nitrogens is 1. The molecular weight excluding hydrogens is 457 g/mol. The van der Waals surface area contributed by atoms with Crippen LogP contribution in [0.15, 0.2) is 72.9 Å². The molecule has 1 saturated heterocycles. The van der Waals surface area contributed by atoms with Crippen molar-refractivity contribution < 1.29 is 22.8 Å². The minimum Gasteiger partial charge on any atom is -0.354 e. The second kappa shape index (κ2) is 10.3. The normalized spacial score (nSPS) is 15.5. The lowest BCUT2D eigenvalue weighted by Gasteiger charge is -2.38. The molecular formula is C26H25F3N4O2. The fourth-order valence-corrected chi connectivity index (χ4v) is 4.02. The highest BCUT2D eigenvalue weighted by Crippen LogP contribution is 2.29. The van der Waals surface area contributed by atoms with E-state index in [-0.39, 0.29) is 11.7 Å². The first-order valence-electron chi connectivity index (χ1n) is 11.3. The Morgan fingerprint density at radius 1 is 0.914 bits per heavy atom. The van der Waals surface area contributed by atoms with Gasteiger partial charge in [-0.15, -0.1) is 0 Å². The number of carbonyl (C=O) groups is 2. The van der Waals surface area contributed by atoms with Gasteiger partial charge in [-0.2, -0.15) is 13.2 Å². The van der Waals surface area contributed by atoms with Crippen LogP contribution in [0.1, 0.15) is 28.4 Å². The van der Waals surface area contributed by atoms with Gasteiger partial charge in [0.1, 0.15) is 5.82 Å². The van der Waals surface area contributed by atoms with E-state index in [0.717, 1.165) is 12.3 Å². The molecule has 2 aromatic carbocycles. The standard InChI is InChI=1S/C26H25F3N4O2/c1-18(32-13-15-33(16-14-32)23-12-11-20(17-30-23)26(27,28)29)25(35)31-22-10-6-5-9-21(22)24(34)19-7-3-2-4-8-19/h2-12,17-18H,13-16H2,1H3,(H,31,35). The monoisotopic (exact) mass is 482 g/mol. The quantitative estimate of drug-likeness (QED) is 0.525. The SMILES string of the molecule is CC(C(=O)Nc1ccccc1C(=O)c1ccccc1)N1CCN(c2ccc(C(F)(F)F)cn2)CC1. The van der Waals surface area contributed by atoms with Gasteiger partial charge in [0.15, 0.2) is 5.78 Å². The molecule has 1 fully saturated rings. The number of hydrogen-bond acceptors (Lipinski definition) is 5. The summed E-state index contributed by atoms with van der Waals surface area (Å²) < 4.78 is 38.3. The van der Waals surface area contributed by atoms with Crippen molar-refractivity contribution in [2.45, 2.75) is 19.1 Å². The van der Waals surface area contributed by atoms with Crippen molar-refractivity contribution in [2.24, 2.45) is 0 Å². The molecule has 0 spiro atoms. The smallest absolute Gasteiger partial charge is 0.354 e. The Kier molecular flexibility index (Phi) is 7.16. The van der Waals surface area contributed by atoms with Gasteiger partial charge in [0.05, 0.1) is 17.3 Å². The maximum atomic E-state index is 13.0. The zero-order chi connectivity index (χ0) is 25.0. The maximum absolute atomic E-state index is 13.0. The minimum absolute atomic E-state index is 0.174. The number of alkyl halides is 3. The molecule has 1 amide bonds. The van der Waals surface area contributed by atoms with Crippen LogP contribution in [-0.4, -0.2) is 53.8 Å². The predicted octanol–water partition coefficient (Wildman–Crippen LogP) is 4.48. The van der Waals surface area contributed by atoms with E-state index in [1.807, 2.05) is 15.9 Å². The molecule has 1 atom stereocenters. The molecule has 35 heavy (non-hydrogen) atoms. The van der Waals surface area contributed by atoms with E-state index in [4.69, 9.17) is 0 Å². The molecule has 0 radical (unpaired) electrons. The van der Waals surface area contributed by atoms with Crippen molar-refractivity contribution in [3.63, 3.8) is 0 Å². The first kappa shape index (κ1) is 24.4. The van der Waals surface area contributed by atoms with Crippen LogP contribution in [0.5, 0.6) is 0 Å². The Hall–Kier alpha value is -3.72. The molecule has 6 nitrogen and oxygen atoms in total. The zero-order valence-corrected chi connectivity index (χ0v) is 19.1. The number of benzene rings is 2. The Bertz CT molecular complexity index is 1180. The number of ketones is 1. The number of amides is 1. The molecule has 1 aliphatic rings. The molecule has 1 aliphatic heterocycles. The molecule has 1 aromatic heterocycles. The number of hydrogen-bond donors (Lipinski definition) is 1. The van der Waals surface area contributed by atoms with Crippen LogP contribution in [0.25, 0.3) is 0 Å². The number of para-hydroxylation sites is 1. The van der Waals surface area contributed by atoms with Gasteiger partial charge < -0.3 is 10.2 Å². The molecule has 182 valence electrons. The number of nitrogens with one attached hydrogen (secondary N) is 1. The largest absolute Gasteiger partial charge is 0.417 e. The third kappa shape index (κ3) is 5.68. The second-order valence-corrected chi connectivity index (χ2v) is 8.33. The average molecular weight is 483 g/mol. The lowest BCUT2D eigenvalue weighted by molar-refractivity contribution is -0.137. The Balaban J connectivity index is 1.37. The first-order chi connectivity index (χ1) is 16.7. The molecule has 1 unspecified atom stereocenters. The van der Waals surface area contributed by atoms with Crippen molar-refractivity contribution in [1.29, 1.82) is 0 Å². The summed E-state index contributed by atoms with van der Waals surface area (Å²) in [5.74, 6) is 0.0642. The number of pyridine rings is 1. The minimum atomic E-state index is -4.42. The summed E-state index contributed by atoms with van der Waals surface area (Å²) in [6.07, 6.45) is -3.58. The maximum Gasteiger partial charge on any atom is 0.417 e. The highest BCUT2D eigenvalue weighted by atomic mass is 19.4. The molecule has 0 saturated carbocycles. The van der Waals surface area contributed by atoms with Gasteiger partial charge >= 0.3 is 6.18 Å². The van der Waals surface area contributed by atoms with Crippen molar-refractivity contribution in [3.8, 4) is 0 Å². The van der Waals surface area contributed by atoms with E-state index in [2.05, 4.69) is 10.3 Å². The summed E-state index contributed by atoms with van der Waals surface area (Å²) in [5.41, 5.74) is 0.620. The van der Waals surface area contributed by atoms with Crippen molar-refractivity contribution >= 4 is 23.2 Å². The molecule has 1 N–H and O–H groups in total. The van der Waals surface area contributed by atoms with E-state index in [0.29, 0.717) is 48.8 Å². The number of nitrogens with zero attached hydrogens (tertiary/aromatic N) is 3. The lowest BCUT2D eigenvalue weighted by Crippen LogP contribution is -2.53. The van der Waals surface area contributed by atoms with Crippen LogP contribution in [-0.2, 0) is 11.0 Å². The van der Waals surface area contributed by atoms with E-state index < -0.39 is 17.8 Å². The van der Waals surface area contributed by atoms with E-state index >= 15 is 0 Å². The van der Waals surface area contributed by atoms with Crippen molar-refractivity contribution in [1.82, 2.24) is 9.88 Å². The van der Waals surface area contributed by atoms with Gasteiger partial charge in [0, 0.05) is 43.5 Å². The zero-order valence-electron chi connectivity index (χ0n) is 19.1. The van der Waals surface area contributed by atoms with E-state index in [1.165, 1.54) is 6.07 Å². The van der Waals surface area contributed by atoms with Gasteiger partial charge in [0.25, 0.3) is 0 Å². The number of halogens is 3. The Labute approximate surface area is 201 Å². The summed E-state index contributed by atoms with van der Waals surface area (Å²) >= 11 is 0. The van der Waals surface area contributed by atoms with Crippen LogP contribution >= 0.6 is 0 Å². The van der Waals surface area contributed by atoms with Gasteiger partial charge in [-0.05, 0) is 31.2 Å². The van der Waals surface area contributed by atoms with E-state index in [1.54, 1.807) is 55.5 Å². The lowest BCUT2D eigenvalue weighted by atomic mass is 10.0. The molecule has 2 heterocycles. The van der Waals surface area contributed by atoms with Crippen molar-refractivity contribution in [2.75, 3.05) is 36.4 Å². The second-order valence-electron chi connectivity index (χ2n) is 8.33. The van der Waals surface area contributed by atoms with Gasteiger partial charge in [0.2, 0.25) is 5.91 Å². The molecule has 0 bridgehead atoms. The van der Waals surface area contributed by atoms with Crippen LogP contribution in [0, 0.1) is 0 Å². The summed E-state index contributed by atoms with van der Waals surface area (Å²) in [4.78, 5) is 33.8. The molecule has 0 aliphatic carbocycles. The molecule has 4 rings (SSSR count). The van der Waals surface area contributed by atoms with Crippen molar-refractivity contribution in [3.05, 3.63) is 89.6 Å². The highest BCUT2D eigenvalue weighted by Gasteiger charge is 2.31. The Morgan fingerprint density at radius 3 is 2.20 bits per heavy atom. The van der Waals surface area contributed by atoms with Crippen LogP contribution in [0.2, 0.25) is 0 Å². The summed E-state index contributed by atoms with van der Waals surface area (Å²) in [6, 6.07) is 17.7. The van der Waals surface area contributed by atoms with Gasteiger partial charge in [-0.25, -0.2) is 4.98 Å². The number of anilines is 2.